The van der Waals surface area contributed by atoms with Crippen molar-refractivity contribution in [1.29, 1.82) is 0 Å². The van der Waals surface area contributed by atoms with Gasteiger partial charge in [0, 0.05) is 0 Å². The summed E-state index contributed by atoms with van der Waals surface area (Å²) in [4.78, 5) is 0. The summed E-state index contributed by atoms with van der Waals surface area (Å²) in [5.41, 5.74) is 0.833. The van der Waals surface area contributed by atoms with Crippen LogP contribution >= 0.6 is 0 Å². The molecule has 1 aromatic rings. The van der Waals surface area contributed by atoms with Crippen LogP contribution in [0.1, 0.15) is 12.5 Å². The van der Waals surface area contributed by atoms with Crippen LogP contribution in [-0.2, 0) is 6.42 Å². The first-order chi connectivity index (χ1) is 5.18. The second-order valence-corrected chi connectivity index (χ2v) is 2.68. The first-order valence-corrected chi connectivity index (χ1v) is 3.61. The van der Waals surface area contributed by atoms with Crippen molar-refractivity contribution >= 4 is 0 Å². The average molecular weight is 154 g/mol. The smallest absolute Gasteiger partial charge is 0.123 e. The van der Waals surface area contributed by atoms with E-state index in [1.807, 2.05) is 0 Å². The molecule has 0 amide bonds. The topological polar surface area (TPSA) is 20.2 Å². The fourth-order valence-electron chi connectivity index (χ4n) is 1.01. The molecule has 0 fully saturated rings. The maximum absolute atomic E-state index is 12.5. The van der Waals surface area contributed by atoms with E-state index in [9.17, 15) is 4.39 Å². The molecule has 0 aliphatic carbocycles. The molecule has 0 heterocycles. The zero-order valence-corrected chi connectivity index (χ0v) is 6.42. The van der Waals surface area contributed by atoms with Crippen LogP contribution in [0.15, 0.2) is 24.3 Å². The molecule has 1 atom stereocenters. The second-order valence-electron chi connectivity index (χ2n) is 2.68. The van der Waals surface area contributed by atoms with E-state index in [-0.39, 0.29) is 5.82 Å². The van der Waals surface area contributed by atoms with E-state index in [1.54, 1.807) is 19.1 Å². The standard InChI is InChI=1S/C9H11FO/c1-7(11)5-8-3-2-4-9(10)6-8/h2-4,6-7,11H,5H2,1H3/t7-/m0/s1. The predicted octanol–water partition coefficient (Wildman–Crippen LogP) is 1.75. The van der Waals surface area contributed by atoms with E-state index < -0.39 is 6.10 Å². The SMILES string of the molecule is C[C@H](O)Cc1cccc(F)c1. The number of hydrogen-bond acceptors (Lipinski definition) is 1. The lowest BCUT2D eigenvalue weighted by molar-refractivity contribution is 0.195. The summed E-state index contributed by atoms with van der Waals surface area (Å²) < 4.78 is 12.5. The van der Waals surface area contributed by atoms with E-state index in [1.165, 1.54) is 12.1 Å². The maximum atomic E-state index is 12.5. The van der Waals surface area contributed by atoms with Gasteiger partial charge in [-0.3, -0.25) is 0 Å². The van der Waals surface area contributed by atoms with Crippen molar-refractivity contribution in [3.63, 3.8) is 0 Å². The summed E-state index contributed by atoms with van der Waals surface area (Å²) in [5, 5.41) is 8.97. The van der Waals surface area contributed by atoms with Crippen molar-refractivity contribution in [3.05, 3.63) is 35.6 Å². The summed E-state index contributed by atoms with van der Waals surface area (Å²) in [7, 11) is 0. The van der Waals surface area contributed by atoms with E-state index in [2.05, 4.69) is 0 Å². The van der Waals surface area contributed by atoms with Gasteiger partial charge in [0.25, 0.3) is 0 Å². The van der Waals surface area contributed by atoms with Gasteiger partial charge in [0.15, 0.2) is 0 Å². The van der Waals surface area contributed by atoms with Crippen LogP contribution < -0.4 is 0 Å². The molecule has 0 saturated carbocycles. The molecule has 1 N–H and O–H groups in total. The maximum Gasteiger partial charge on any atom is 0.123 e. The Morgan fingerprint density at radius 1 is 1.55 bits per heavy atom. The fourth-order valence-corrected chi connectivity index (χ4v) is 1.01. The molecule has 0 aromatic heterocycles. The van der Waals surface area contributed by atoms with Crippen LogP contribution in [0.3, 0.4) is 0 Å². The van der Waals surface area contributed by atoms with Gasteiger partial charge in [-0.1, -0.05) is 12.1 Å². The third-order valence-corrected chi connectivity index (χ3v) is 1.42. The van der Waals surface area contributed by atoms with Crippen molar-refractivity contribution in [3.8, 4) is 0 Å². The fraction of sp³-hybridized carbons (Fsp3) is 0.333. The van der Waals surface area contributed by atoms with Gasteiger partial charge in [-0.25, -0.2) is 4.39 Å². The van der Waals surface area contributed by atoms with Crippen LogP contribution in [0.4, 0.5) is 4.39 Å². The number of rotatable bonds is 2. The van der Waals surface area contributed by atoms with Crippen molar-refractivity contribution in [2.45, 2.75) is 19.4 Å². The van der Waals surface area contributed by atoms with Crippen LogP contribution in [0, 0.1) is 5.82 Å². The van der Waals surface area contributed by atoms with Crippen LogP contribution in [0.25, 0.3) is 0 Å². The summed E-state index contributed by atoms with van der Waals surface area (Å²) >= 11 is 0. The highest BCUT2D eigenvalue weighted by atomic mass is 19.1. The minimum absolute atomic E-state index is 0.247. The molecule has 1 nitrogen and oxygen atoms in total. The van der Waals surface area contributed by atoms with Gasteiger partial charge in [0.1, 0.15) is 5.82 Å². The van der Waals surface area contributed by atoms with Gasteiger partial charge in [0.05, 0.1) is 6.10 Å². The molecule has 0 spiro atoms. The Kier molecular flexibility index (Phi) is 2.60. The quantitative estimate of drug-likeness (QED) is 0.688. The Balaban J connectivity index is 2.71. The molecule has 1 rings (SSSR count). The monoisotopic (exact) mass is 154 g/mol. The molecule has 0 radical (unpaired) electrons. The second kappa shape index (κ2) is 3.49. The predicted molar refractivity (Wildman–Crippen MR) is 41.8 cm³/mol. The Morgan fingerprint density at radius 2 is 2.27 bits per heavy atom. The summed E-state index contributed by atoms with van der Waals surface area (Å²) in [6.45, 7) is 1.69. The molecule has 0 unspecified atom stereocenters. The molecule has 0 saturated heterocycles. The van der Waals surface area contributed by atoms with Gasteiger partial charge >= 0.3 is 0 Å². The zero-order valence-electron chi connectivity index (χ0n) is 6.42. The van der Waals surface area contributed by atoms with Crippen LogP contribution in [-0.4, -0.2) is 11.2 Å². The molecular weight excluding hydrogens is 143 g/mol. The number of halogens is 1. The van der Waals surface area contributed by atoms with Crippen molar-refractivity contribution in [2.75, 3.05) is 0 Å². The minimum atomic E-state index is -0.406. The van der Waals surface area contributed by atoms with Gasteiger partial charge in [-0.2, -0.15) is 0 Å². The first kappa shape index (κ1) is 8.21. The summed E-state index contributed by atoms with van der Waals surface area (Å²) in [5.74, 6) is -0.247. The number of hydrogen-bond donors (Lipinski definition) is 1. The van der Waals surface area contributed by atoms with Crippen molar-refractivity contribution in [2.24, 2.45) is 0 Å². The van der Waals surface area contributed by atoms with E-state index in [4.69, 9.17) is 5.11 Å². The van der Waals surface area contributed by atoms with Gasteiger partial charge in [-0.15, -0.1) is 0 Å². The summed E-state index contributed by atoms with van der Waals surface area (Å²) in [6.07, 6.45) is 0.106. The Morgan fingerprint density at radius 3 is 2.82 bits per heavy atom. The first-order valence-electron chi connectivity index (χ1n) is 3.61. The third-order valence-electron chi connectivity index (χ3n) is 1.42. The van der Waals surface area contributed by atoms with Crippen LogP contribution in [0.2, 0.25) is 0 Å². The highest BCUT2D eigenvalue weighted by molar-refractivity contribution is 5.16. The van der Waals surface area contributed by atoms with E-state index in [0.717, 1.165) is 5.56 Å². The third kappa shape index (κ3) is 2.68. The Labute approximate surface area is 65.5 Å². The summed E-state index contributed by atoms with van der Waals surface area (Å²) in [6, 6.07) is 6.28. The lowest BCUT2D eigenvalue weighted by Gasteiger charge is -2.02. The normalized spacial score (nSPS) is 13.0. The zero-order chi connectivity index (χ0) is 8.27. The molecule has 60 valence electrons. The lowest BCUT2D eigenvalue weighted by Crippen LogP contribution is -2.03. The number of aliphatic hydroxyl groups excluding tert-OH is 1. The molecule has 11 heavy (non-hydrogen) atoms. The average Bonchev–Trinajstić information content (AvgIpc) is 1.85. The van der Waals surface area contributed by atoms with Crippen molar-refractivity contribution < 1.29 is 9.50 Å². The van der Waals surface area contributed by atoms with Gasteiger partial charge < -0.3 is 5.11 Å². The molecule has 1 aromatic carbocycles. The number of benzene rings is 1. The molecular formula is C9H11FO. The largest absolute Gasteiger partial charge is 0.393 e. The lowest BCUT2D eigenvalue weighted by atomic mass is 10.1. The van der Waals surface area contributed by atoms with Crippen molar-refractivity contribution in [1.82, 2.24) is 0 Å². The Hall–Kier alpha value is -0.890. The van der Waals surface area contributed by atoms with Crippen LogP contribution in [0.5, 0.6) is 0 Å². The van der Waals surface area contributed by atoms with Gasteiger partial charge in [-0.05, 0) is 31.0 Å². The highest BCUT2D eigenvalue weighted by Crippen LogP contribution is 2.05. The van der Waals surface area contributed by atoms with E-state index >= 15 is 0 Å². The molecule has 0 aliphatic heterocycles. The minimum Gasteiger partial charge on any atom is -0.393 e. The number of aliphatic hydroxyl groups is 1. The Bertz CT molecular complexity index is 233. The molecule has 0 bridgehead atoms. The highest BCUT2D eigenvalue weighted by Gasteiger charge is 1.98. The molecule has 2 heteroatoms. The molecule has 0 aliphatic rings. The van der Waals surface area contributed by atoms with E-state index in [0.29, 0.717) is 6.42 Å². The van der Waals surface area contributed by atoms with Gasteiger partial charge in [0.2, 0.25) is 0 Å².